The third-order valence-electron chi connectivity index (χ3n) is 23.8. The molecule has 0 fully saturated rings. The monoisotopic (exact) mass is 1710 g/mol. The summed E-state index contributed by atoms with van der Waals surface area (Å²) >= 11 is 20.8. The van der Waals surface area contributed by atoms with E-state index in [1.165, 1.54) is 66.2 Å². The summed E-state index contributed by atoms with van der Waals surface area (Å²) in [5.74, 6) is 0. The number of nitrogens with one attached hydrogen (secondary N) is 1. The number of nitrogens with zero attached hydrogens (tertiary/aromatic N) is 7. The second-order valence-electron chi connectivity index (χ2n) is 41.7. The molecule has 640 valence electrons. The number of imidazole rings is 2. The molecular formula is C114H123Cl3N8. The summed E-state index contributed by atoms with van der Waals surface area (Å²) in [5, 5.41) is 10.2. The molecule has 0 amide bonds. The number of anilines is 11. The average molecular weight is 1710 g/mol. The maximum Gasteiger partial charge on any atom is 0.100 e. The van der Waals surface area contributed by atoms with E-state index in [2.05, 4.69) is 481 Å². The molecule has 16 rings (SSSR count). The normalized spacial score (nSPS) is 12.4. The first kappa shape index (κ1) is 89.9. The predicted molar refractivity (Wildman–Crippen MR) is 542 cm³/mol. The molecule has 0 bridgehead atoms. The van der Waals surface area contributed by atoms with Crippen LogP contribution in [0.3, 0.4) is 0 Å². The fourth-order valence-electron chi connectivity index (χ4n) is 16.0. The van der Waals surface area contributed by atoms with Crippen LogP contribution in [0.15, 0.2) is 304 Å². The Morgan fingerprint density at radius 2 is 0.568 bits per heavy atom. The summed E-state index contributed by atoms with van der Waals surface area (Å²) in [6, 6.07) is 105. The molecule has 0 spiro atoms. The molecule has 2 heterocycles. The van der Waals surface area contributed by atoms with E-state index in [0.29, 0.717) is 15.1 Å². The first-order valence-electron chi connectivity index (χ1n) is 43.8. The molecule has 0 radical (unpaired) electrons. The first-order valence-corrected chi connectivity index (χ1v) is 44.9. The summed E-state index contributed by atoms with van der Waals surface area (Å²) in [7, 11) is 0. The zero-order valence-corrected chi connectivity index (χ0v) is 79.9. The number of hydrogen-bond acceptors (Lipinski definition) is 6. The van der Waals surface area contributed by atoms with Crippen molar-refractivity contribution in [2.75, 3.05) is 20.0 Å². The van der Waals surface area contributed by atoms with E-state index >= 15 is 0 Å². The van der Waals surface area contributed by atoms with Crippen molar-refractivity contribution in [2.45, 2.75) is 209 Å². The van der Waals surface area contributed by atoms with Crippen LogP contribution < -0.4 is 20.0 Å². The van der Waals surface area contributed by atoms with Gasteiger partial charge in [0.1, 0.15) is 12.7 Å². The molecule has 0 unspecified atom stereocenters. The van der Waals surface area contributed by atoms with Gasteiger partial charge in [-0.2, -0.15) is 0 Å². The Hall–Kier alpha value is -11.4. The molecule has 2 aromatic heterocycles. The highest BCUT2D eigenvalue weighted by Crippen LogP contribution is 2.50. The summed E-state index contributed by atoms with van der Waals surface area (Å²) < 4.78 is 4.18. The standard InChI is InChI=1S/C57H61ClN4.C36H38N2.C21H24Cl2N2/c1-54(2,3)39-23-28-43(29-24-39)61(49-22-15-18-38-17-13-14-21-47(38)49)45-19-16-20-46(36-45)62(44-30-25-40(26-31-44)55(4,5)6)52-35-42(57(10,11)12)34-51(53(52)58)60-37-59-48-33-41(56(7,8)9)27-32-50(48)60;1-35(2,3)27-17-21-29(22-18-27)37-30-13-10-14-32(25-30)38(31-23-19-28(20-24-31)36(4,5)6)34-16-9-12-26-11-7-8-15-33(26)34;1-20(2,3)13-7-8-17-16(10-13)24-12-25(17)18-11-14(21(4,5)6)9-15(22)19(18)23/h13-37H,1-12H3;7-25,37H,1-6H3;7-12H,1-6H3. The molecule has 0 aliphatic heterocycles. The highest BCUT2D eigenvalue weighted by molar-refractivity contribution is 6.43. The van der Waals surface area contributed by atoms with Gasteiger partial charge in [-0.1, -0.05) is 347 Å². The van der Waals surface area contributed by atoms with Crippen LogP contribution in [0.5, 0.6) is 0 Å². The van der Waals surface area contributed by atoms with Gasteiger partial charge >= 0.3 is 0 Å². The van der Waals surface area contributed by atoms with Crippen LogP contribution in [0.2, 0.25) is 15.1 Å². The Bertz CT molecular complexity index is 6540. The van der Waals surface area contributed by atoms with Crippen LogP contribution in [0.1, 0.15) is 211 Å². The quantitative estimate of drug-likeness (QED) is 0.124. The van der Waals surface area contributed by atoms with E-state index in [1.807, 2.05) is 23.3 Å². The second kappa shape index (κ2) is 34.9. The van der Waals surface area contributed by atoms with Crippen LogP contribution in [0.4, 0.5) is 62.6 Å². The number of benzene rings is 14. The van der Waals surface area contributed by atoms with Crippen molar-refractivity contribution >= 4 is 141 Å². The minimum Gasteiger partial charge on any atom is -0.355 e. The molecule has 16 aromatic rings. The van der Waals surface area contributed by atoms with Crippen molar-refractivity contribution in [1.82, 2.24) is 19.1 Å². The third-order valence-corrected chi connectivity index (χ3v) is 25.0. The number of rotatable bonds is 13. The van der Waals surface area contributed by atoms with E-state index in [1.54, 1.807) is 0 Å². The molecular weight excluding hydrogens is 1590 g/mol. The van der Waals surface area contributed by atoms with Gasteiger partial charge in [-0.3, -0.25) is 9.13 Å². The van der Waals surface area contributed by atoms with Crippen molar-refractivity contribution in [3.8, 4) is 11.4 Å². The Balaban J connectivity index is 0.000000170. The lowest BCUT2D eigenvalue weighted by Gasteiger charge is -2.32. The molecule has 0 saturated heterocycles. The first-order chi connectivity index (χ1) is 58.8. The molecule has 14 aromatic carbocycles. The number of halogens is 3. The van der Waals surface area contributed by atoms with Crippen molar-refractivity contribution in [3.05, 3.63) is 363 Å². The zero-order chi connectivity index (χ0) is 89.8. The van der Waals surface area contributed by atoms with Crippen molar-refractivity contribution in [2.24, 2.45) is 0 Å². The van der Waals surface area contributed by atoms with Crippen molar-refractivity contribution < 1.29 is 0 Å². The van der Waals surface area contributed by atoms with Crippen LogP contribution >= 0.6 is 34.8 Å². The SMILES string of the molecule is CC(C)(C)c1cc(Cl)c(Cl)c(-n2cnc3cc(C(C)(C)C)ccc32)c1.CC(C)(C)c1ccc(N(c2cccc(N(c3ccc(C(C)(C)C)cc3)c3cccc4ccccc34)c2)c2cc(C(C)(C)C)cc(-n3cnc4cc(C(C)(C)C)ccc43)c2Cl)cc1.CC(C)(C)c1ccc(Nc2cccc(N(c3ccc(C(C)(C)C)cc3)c3cccc4ccccc34)c2)cc1. The largest absolute Gasteiger partial charge is 0.355 e. The Morgan fingerprint density at radius 1 is 0.248 bits per heavy atom. The molecule has 1 N–H and O–H groups in total. The third kappa shape index (κ3) is 20.0. The van der Waals surface area contributed by atoms with Crippen LogP contribution in [0.25, 0.3) is 55.0 Å². The minimum absolute atomic E-state index is 0.00290. The van der Waals surface area contributed by atoms with Crippen molar-refractivity contribution in [1.29, 1.82) is 0 Å². The Kier molecular flexibility index (Phi) is 25.1. The summed E-state index contributed by atoms with van der Waals surface area (Å²) in [6.07, 6.45) is 3.74. The van der Waals surface area contributed by atoms with Gasteiger partial charge in [0, 0.05) is 56.3 Å². The molecule has 0 aliphatic carbocycles. The number of fused-ring (bicyclic) bond motifs is 4. The maximum absolute atomic E-state index is 7.84. The maximum atomic E-state index is 7.84. The Labute approximate surface area is 758 Å². The second-order valence-corrected chi connectivity index (χ2v) is 42.8. The van der Waals surface area contributed by atoms with E-state index in [0.717, 1.165) is 95.9 Å². The van der Waals surface area contributed by atoms with E-state index < -0.39 is 0 Å². The van der Waals surface area contributed by atoms with Gasteiger partial charge < -0.3 is 20.0 Å². The fraction of sp³-hybridized carbons (Fsp3) is 0.281. The molecule has 8 nitrogen and oxygen atoms in total. The van der Waals surface area contributed by atoms with E-state index in [4.69, 9.17) is 39.8 Å². The predicted octanol–water partition coefficient (Wildman–Crippen LogP) is 34.5. The molecule has 0 atom stereocenters. The lowest BCUT2D eigenvalue weighted by molar-refractivity contribution is 0.589. The van der Waals surface area contributed by atoms with E-state index in [-0.39, 0.29) is 43.3 Å². The van der Waals surface area contributed by atoms with Crippen LogP contribution in [0, 0.1) is 0 Å². The molecule has 0 saturated carbocycles. The van der Waals surface area contributed by atoms with Crippen LogP contribution in [-0.4, -0.2) is 19.1 Å². The molecule has 11 heteroatoms. The highest BCUT2D eigenvalue weighted by atomic mass is 35.5. The topological polar surface area (TPSA) is 57.4 Å². The summed E-state index contributed by atoms with van der Waals surface area (Å²) in [6.45, 7) is 53.7. The highest BCUT2D eigenvalue weighted by Gasteiger charge is 2.30. The zero-order valence-electron chi connectivity index (χ0n) is 77.6. The van der Waals surface area contributed by atoms with Crippen LogP contribution in [-0.2, 0) is 43.3 Å². The summed E-state index contributed by atoms with van der Waals surface area (Å²) in [4.78, 5) is 16.6. The van der Waals surface area contributed by atoms with Gasteiger partial charge in [0.15, 0.2) is 0 Å². The molecule has 125 heavy (non-hydrogen) atoms. The van der Waals surface area contributed by atoms with Gasteiger partial charge in [-0.05, 0) is 244 Å². The van der Waals surface area contributed by atoms with Gasteiger partial charge in [0.2, 0.25) is 0 Å². The average Bonchev–Trinajstić information content (AvgIpc) is 1.75. The number of aromatic nitrogens is 4. The lowest BCUT2D eigenvalue weighted by atomic mass is 9.86. The lowest BCUT2D eigenvalue weighted by Crippen LogP contribution is -2.18. The number of hydrogen-bond donors (Lipinski definition) is 1. The van der Waals surface area contributed by atoms with Gasteiger partial charge in [0.05, 0.1) is 65.6 Å². The smallest absolute Gasteiger partial charge is 0.100 e. The van der Waals surface area contributed by atoms with Gasteiger partial charge in [-0.15, -0.1) is 0 Å². The van der Waals surface area contributed by atoms with Gasteiger partial charge in [0.25, 0.3) is 0 Å². The minimum atomic E-state index is -0.183. The van der Waals surface area contributed by atoms with E-state index in [9.17, 15) is 0 Å². The summed E-state index contributed by atoms with van der Waals surface area (Å²) in [5.41, 5.74) is 27.6. The fourth-order valence-corrected chi connectivity index (χ4v) is 16.7. The Morgan fingerprint density at radius 3 is 0.960 bits per heavy atom. The van der Waals surface area contributed by atoms with Gasteiger partial charge in [-0.25, -0.2) is 9.97 Å². The molecule has 0 aliphatic rings. The van der Waals surface area contributed by atoms with Crippen molar-refractivity contribution in [3.63, 3.8) is 0 Å².